The molecule has 0 aliphatic heterocycles. The number of nitrogens with zero attached hydrogens (tertiary/aromatic N) is 1. The zero-order chi connectivity index (χ0) is 12.8. The van der Waals surface area contributed by atoms with Crippen molar-refractivity contribution in [2.75, 3.05) is 40.0 Å². The molecule has 0 amide bonds. The van der Waals surface area contributed by atoms with Gasteiger partial charge >= 0.3 is 0 Å². The Balaban J connectivity index is 3.44. The number of unbranched alkanes of at least 4 members (excludes halogenated alkanes) is 1. The van der Waals surface area contributed by atoms with E-state index in [-0.39, 0.29) is 0 Å². The third-order valence-corrected chi connectivity index (χ3v) is 2.09. The molecule has 0 bridgehead atoms. The van der Waals surface area contributed by atoms with Gasteiger partial charge in [0.25, 0.3) is 0 Å². The summed E-state index contributed by atoms with van der Waals surface area (Å²) in [6.07, 6.45) is 3.20. The maximum Gasteiger partial charge on any atom is 0.205 e. The van der Waals surface area contributed by atoms with Gasteiger partial charge in [0, 0.05) is 33.4 Å². The van der Waals surface area contributed by atoms with Gasteiger partial charge in [-0.1, -0.05) is 13.3 Å². The molecule has 0 aromatic heterocycles. The maximum atomic E-state index is 5.43. The first-order valence-corrected chi connectivity index (χ1v) is 6.16. The lowest BCUT2D eigenvalue weighted by atomic mass is 10.4. The molecular weight excluding hydrogens is 220 g/mol. The van der Waals surface area contributed by atoms with Crippen LogP contribution in [0.25, 0.3) is 0 Å². The highest BCUT2D eigenvalue weighted by Gasteiger charge is 1.94. The van der Waals surface area contributed by atoms with E-state index in [0.717, 1.165) is 26.1 Å². The van der Waals surface area contributed by atoms with Crippen molar-refractivity contribution in [1.29, 1.82) is 0 Å². The lowest BCUT2D eigenvalue weighted by Gasteiger charge is -2.08. The Hall–Kier alpha value is -0.850. The zero-order valence-corrected chi connectivity index (χ0v) is 11.0. The highest BCUT2D eigenvalue weighted by atomic mass is 16.5. The SMILES string of the molecule is CCCCOCCCN=C(NN)NCCOC. The van der Waals surface area contributed by atoms with Gasteiger partial charge in [0.2, 0.25) is 5.96 Å². The van der Waals surface area contributed by atoms with Gasteiger partial charge in [-0.3, -0.25) is 10.4 Å². The topological polar surface area (TPSA) is 80.9 Å². The van der Waals surface area contributed by atoms with E-state index in [4.69, 9.17) is 15.3 Å². The minimum Gasteiger partial charge on any atom is -0.383 e. The number of methoxy groups -OCH3 is 1. The Kier molecular flexibility index (Phi) is 12.6. The molecule has 17 heavy (non-hydrogen) atoms. The summed E-state index contributed by atoms with van der Waals surface area (Å²) in [5, 5.41) is 3.03. The average molecular weight is 246 g/mol. The molecule has 0 spiro atoms. The first-order valence-electron chi connectivity index (χ1n) is 6.16. The predicted octanol–water partition coefficient (Wildman–Crippen LogP) is 0.249. The molecule has 0 radical (unpaired) electrons. The van der Waals surface area contributed by atoms with Crippen molar-refractivity contribution in [1.82, 2.24) is 10.7 Å². The largest absolute Gasteiger partial charge is 0.383 e. The second-order valence-corrected chi connectivity index (χ2v) is 3.61. The molecule has 0 aromatic carbocycles. The first-order chi connectivity index (χ1) is 8.35. The second-order valence-electron chi connectivity index (χ2n) is 3.61. The third-order valence-electron chi connectivity index (χ3n) is 2.09. The molecule has 6 nitrogen and oxygen atoms in total. The Bertz CT molecular complexity index is 188. The van der Waals surface area contributed by atoms with Crippen molar-refractivity contribution in [3.63, 3.8) is 0 Å². The number of ether oxygens (including phenoxy) is 2. The summed E-state index contributed by atoms with van der Waals surface area (Å²) in [5.41, 5.74) is 2.51. The molecule has 0 rings (SSSR count). The standard InChI is InChI=1S/C11H26N4O2/c1-3-4-8-17-9-5-6-13-11(15-12)14-7-10-16-2/h3-10,12H2,1-2H3,(H2,13,14,15). The fraction of sp³-hybridized carbons (Fsp3) is 0.909. The smallest absolute Gasteiger partial charge is 0.205 e. The van der Waals surface area contributed by atoms with Crippen molar-refractivity contribution in [2.24, 2.45) is 10.8 Å². The summed E-state index contributed by atoms with van der Waals surface area (Å²) >= 11 is 0. The number of hydrazine groups is 1. The van der Waals surface area contributed by atoms with Crippen molar-refractivity contribution in [3.05, 3.63) is 0 Å². The van der Waals surface area contributed by atoms with Gasteiger partial charge in [0.05, 0.1) is 6.61 Å². The Morgan fingerprint density at radius 1 is 1.24 bits per heavy atom. The normalized spacial score (nSPS) is 11.6. The van der Waals surface area contributed by atoms with Crippen LogP contribution >= 0.6 is 0 Å². The molecule has 4 N–H and O–H groups in total. The molecule has 0 unspecified atom stereocenters. The molecule has 102 valence electrons. The van der Waals surface area contributed by atoms with Gasteiger partial charge in [-0.15, -0.1) is 0 Å². The van der Waals surface area contributed by atoms with Crippen LogP contribution in [-0.2, 0) is 9.47 Å². The van der Waals surface area contributed by atoms with E-state index in [9.17, 15) is 0 Å². The van der Waals surface area contributed by atoms with Crippen molar-refractivity contribution in [3.8, 4) is 0 Å². The summed E-state index contributed by atoms with van der Waals surface area (Å²) in [4.78, 5) is 4.27. The fourth-order valence-electron chi connectivity index (χ4n) is 1.13. The predicted molar refractivity (Wildman–Crippen MR) is 69.8 cm³/mol. The van der Waals surface area contributed by atoms with Gasteiger partial charge in [-0.05, 0) is 12.8 Å². The van der Waals surface area contributed by atoms with E-state index in [0.29, 0.717) is 25.7 Å². The summed E-state index contributed by atoms with van der Waals surface area (Å²) in [5.74, 6) is 5.91. The number of hydrogen-bond acceptors (Lipinski definition) is 4. The fourth-order valence-corrected chi connectivity index (χ4v) is 1.13. The lowest BCUT2D eigenvalue weighted by Crippen LogP contribution is -2.42. The number of nitrogens with one attached hydrogen (secondary N) is 2. The number of aliphatic imine (C=N–C) groups is 1. The average Bonchev–Trinajstić information content (AvgIpc) is 2.35. The third kappa shape index (κ3) is 11.4. The number of nitrogens with two attached hydrogens (primary N) is 1. The van der Waals surface area contributed by atoms with Gasteiger partial charge in [0.15, 0.2) is 0 Å². The van der Waals surface area contributed by atoms with Crippen LogP contribution < -0.4 is 16.6 Å². The molecule has 0 saturated heterocycles. The summed E-state index contributed by atoms with van der Waals surface area (Å²) in [6.45, 7) is 5.76. The Morgan fingerprint density at radius 2 is 2.00 bits per heavy atom. The van der Waals surface area contributed by atoms with Crippen LogP contribution in [0.3, 0.4) is 0 Å². The van der Waals surface area contributed by atoms with Gasteiger partial charge in [-0.2, -0.15) is 0 Å². The van der Waals surface area contributed by atoms with Crippen LogP contribution in [0.5, 0.6) is 0 Å². The van der Waals surface area contributed by atoms with Crippen LogP contribution in [0.15, 0.2) is 4.99 Å². The van der Waals surface area contributed by atoms with E-state index in [1.807, 2.05) is 0 Å². The molecule has 0 fully saturated rings. The van der Waals surface area contributed by atoms with Crippen LogP contribution in [0.4, 0.5) is 0 Å². The molecule has 0 aromatic rings. The van der Waals surface area contributed by atoms with E-state index in [2.05, 4.69) is 22.7 Å². The summed E-state index contributed by atoms with van der Waals surface area (Å²) < 4.78 is 10.3. The second kappa shape index (κ2) is 13.2. The minimum atomic E-state index is 0.593. The molecule has 6 heteroatoms. The molecule has 0 atom stereocenters. The highest BCUT2D eigenvalue weighted by molar-refractivity contribution is 5.79. The van der Waals surface area contributed by atoms with Gasteiger partial charge in [-0.25, -0.2) is 5.84 Å². The van der Waals surface area contributed by atoms with Crippen molar-refractivity contribution < 1.29 is 9.47 Å². The number of rotatable bonds is 10. The van der Waals surface area contributed by atoms with E-state index >= 15 is 0 Å². The Morgan fingerprint density at radius 3 is 2.65 bits per heavy atom. The molecule has 0 saturated carbocycles. The maximum absolute atomic E-state index is 5.43. The van der Waals surface area contributed by atoms with Crippen LogP contribution in [0, 0.1) is 0 Å². The van der Waals surface area contributed by atoms with E-state index in [1.54, 1.807) is 7.11 Å². The molecular formula is C11H26N4O2. The molecule has 0 aliphatic rings. The van der Waals surface area contributed by atoms with Crippen molar-refractivity contribution >= 4 is 5.96 Å². The van der Waals surface area contributed by atoms with Gasteiger partial charge in [0.1, 0.15) is 0 Å². The van der Waals surface area contributed by atoms with Crippen molar-refractivity contribution in [2.45, 2.75) is 26.2 Å². The van der Waals surface area contributed by atoms with Crippen LogP contribution in [0.1, 0.15) is 26.2 Å². The van der Waals surface area contributed by atoms with Gasteiger partial charge < -0.3 is 14.8 Å². The van der Waals surface area contributed by atoms with Crippen LogP contribution in [-0.4, -0.2) is 46.0 Å². The number of hydrogen-bond donors (Lipinski definition) is 3. The first kappa shape index (κ1) is 16.1. The minimum absolute atomic E-state index is 0.593. The van der Waals surface area contributed by atoms with E-state index < -0.39 is 0 Å². The summed E-state index contributed by atoms with van der Waals surface area (Å²) in [6, 6.07) is 0. The van der Waals surface area contributed by atoms with E-state index in [1.165, 1.54) is 6.42 Å². The molecule has 0 aliphatic carbocycles. The zero-order valence-electron chi connectivity index (χ0n) is 11.0. The summed E-state index contributed by atoms with van der Waals surface area (Å²) in [7, 11) is 1.65. The number of guanidine groups is 1. The quantitative estimate of drug-likeness (QED) is 0.169. The highest BCUT2D eigenvalue weighted by Crippen LogP contribution is 1.90. The Labute approximate surface area is 104 Å². The monoisotopic (exact) mass is 246 g/mol. The molecule has 0 heterocycles. The lowest BCUT2D eigenvalue weighted by molar-refractivity contribution is 0.130. The van der Waals surface area contributed by atoms with Crippen LogP contribution in [0.2, 0.25) is 0 Å².